The van der Waals surface area contributed by atoms with E-state index in [-0.39, 0.29) is 5.91 Å². The Labute approximate surface area is 109 Å². The molecule has 0 atom stereocenters. The number of carbonyl (C=O) groups excluding carboxylic acids is 1. The summed E-state index contributed by atoms with van der Waals surface area (Å²) in [4.78, 5) is 13.7. The molecule has 0 spiro atoms. The van der Waals surface area contributed by atoms with Crippen molar-refractivity contribution in [3.63, 3.8) is 0 Å². The molecule has 0 aliphatic carbocycles. The first-order valence-electron chi connectivity index (χ1n) is 6.52. The Balaban J connectivity index is 2.54. The summed E-state index contributed by atoms with van der Waals surface area (Å²) in [6.45, 7) is 5.69. The Morgan fingerprint density at radius 1 is 1.28 bits per heavy atom. The molecular weight excluding hydrogens is 228 g/mol. The molecule has 1 amide bonds. The number of nitrogens with one attached hydrogen (secondary N) is 1. The van der Waals surface area contributed by atoms with Crippen LogP contribution in [0.3, 0.4) is 0 Å². The zero-order valence-corrected chi connectivity index (χ0v) is 11.4. The fraction of sp³-hybridized carbons (Fsp3) is 0.615. The third-order valence-electron chi connectivity index (χ3n) is 2.69. The predicted octanol–water partition coefficient (Wildman–Crippen LogP) is 2.17. The number of rotatable bonds is 7. The molecule has 1 rings (SSSR count). The summed E-state index contributed by atoms with van der Waals surface area (Å²) in [5.41, 5.74) is 0.399. The average molecular weight is 250 g/mol. The summed E-state index contributed by atoms with van der Waals surface area (Å²) < 4.78 is 0. The summed E-state index contributed by atoms with van der Waals surface area (Å²) in [6, 6.07) is 3.49. The second kappa shape index (κ2) is 7.63. The van der Waals surface area contributed by atoms with E-state index in [4.69, 9.17) is 0 Å². The maximum Gasteiger partial charge on any atom is 0.274 e. The van der Waals surface area contributed by atoms with Crippen LogP contribution in [0, 0.1) is 0 Å². The fourth-order valence-electron chi connectivity index (χ4n) is 1.62. The van der Waals surface area contributed by atoms with Crippen LogP contribution in [0.4, 0.5) is 5.82 Å². The lowest BCUT2D eigenvalue weighted by molar-refractivity contribution is 0.0786. The maximum absolute atomic E-state index is 12.0. The first-order chi connectivity index (χ1) is 8.69. The topological polar surface area (TPSA) is 58.1 Å². The summed E-state index contributed by atoms with van der Waals surface area (Å²) in [6.07, 6.45) is 3.32. The minimum Gasteiger partial charge on any atom is -0.369 e. The molecule has 0 saturated heterocycles. The van der Waals surface area contributed by atoms with Crippen molar-refractivity contribution < 1.29 is 4.79 Å². The van der Waals surface area contributed by atoms with Gasteiger partial charge in [-0.3, -0.25) is 4.79 Å². The smallest absolute Gasteiger partial charge is 0.274 e. The van der Waals surface area contributed by atoms with Crippen molar-refractivity contribution >= 4 is 11.7 Å². The van der Waals surface area contributed by atoms with E-state index in [0.29, 0.717) is 11.5 Å². The zero-order chi connectivity index (χ0) is 13.4. The molecule has 1 N–H and O–H groups in total. The molecule has 5 heteroatoms. The summed E-state index contributed by atoms with van der Waals surface area (Å²) in [7, 11) is 1.80. The van der Waals surface area contributed by atoms with Crippen LogP contribution < -0.4 is 5.32 Å². The monoisotopic (exact) mass is 250 g/mol. The van der Waals surface area contributed by atoms with E-state index in [2.05, 4.69) is 22.4 Å². The lowest BCUT2D eigenvalue weighted by Gasteiger charge is -2.16. The largest absolute Gasteiger partial charge is 0.369 e. The van der Waals surface area contributed by atoms with Crippen LogP contribution in [-0.2, 0) is 0 Å². The van der Waals surface area contributed by atoms with E-state index in [1.165, 1.54) is 0 Å². The molecule has 0 aromatic carbocycles. The highest BCUT2D eigenvalue weighted by atomic mass is 16.2. The van der Waals surface area contributed by atoms with Gasteiger partial charge in [-0.15, -0.1) is 10.2 Å². The maximum atomic E-state index is 12.0. The van der Waals surface area contributed by atoms with E-state index in [9.17, 15) is 4.79 Å². The van der Waals surface area contributed by atoms with Gasteiger partial charge in [-0.1, -0.05) is 19.8 Å². The van der Waals surface area contributed by atoms with Crippen molar-refractivity contribution in [2.75, 3.05) is 25.5 Å². The van der Waals surface area contributed by atoms with Gasteiger partial charge in [0.05, 0.1) is 0 Å². The van der Waals surface area contributed by atoms with Gasteiger partial charge >= 0.3 is 0 Å². The minimum atomic E-state index is -0.0679. The molecular formula is C13H22N4O. The molecule has 18 heavy (non-hydrogen) atoms. The van der Waals surface area contributed by atoms with Gasteiger partial charge in [0, 0.05) is 20.1 Å². The van der Waals surface area contributed by atoms with Crippen LogP contribution in [-0.4, -0.2) is 41.1 Å². The number of hydrogen-bond donors (Lipinski definition) is 1. The number of carbonyl (C=O) groups is 1. The van der Waals surface area contributed by atoms with Crippen LogP contribution in [0.25, 0.3) is 0 Å². The van der Waals surface area contributed by atoms with Crippen molar-refractivity contribution in [1.29, 1.82) is 0 Å². The normalized spacial score (nSPS) is 10.2. The molecule has 1 aromatic rings. The lowest BCUT2D eigenvalue weighted by atomic mass is 10.2. The Kier molecular flexibility index (Phi) is 6.11. The van der Waals surface area contributed by atoms with Crippen molar-refractivity contribution in [2.24, 2.45) is 0 Å². The van der Waals surface area contributed by atoms with Crippen LogP contribution in [0.5, 0.6) is 0 Å². The van der Waals surface area contributed by atoms with Crippen LogP contribution in [0.1, 0.15) is 43.6 Å². The van der Waals surface area contributed by atoms with Crippen molar-refractivity contribution in [1.82, 2.24) is 15.1 Å². The number of hydrogen-bond acceptors (Lipinski definition) is 4. The Bertz CT molecular complexity index is 364. The molecule has 0 aliphatic heterocycles. The average Bonchev–Trinajstić information content (AvgIpc) is 2.39. The first-order valence-corrected chi connectivity index (χ1v) is 6.52. The molecule has 1 aromatic heterocycles. The molecule has 0 saturated carbocycles. The quantitative estimate of drug-likeness (QED) is 0.753. The lowest BCUT2D eigenvalue weighted by Crippen LogP contribution is -2.28. The first kappa shape index (κ1) is 14.4. The second-order valence-electron chi connectivity index (χ2n) is 4.27. The Morgan fingerprint density at radius 2 is 2.06 bits per heavy atom. The van der Waals surface area contributed by atoms with E-state index in [0.717, 1.165) is 32.4 Å². The van der Waals surface area contributed by atoms with E-state index >= 15 is 0 Å². The van der Waals surface area contributed by atoms with Crippen molar-refractivity contribution in [3.8, 4) is 0 Å². The van der Waals surface area contributed by atoms with Gasteiger partial charge in [0.2, 0.25) is 0 Å². The SMILES string of the molecule is CCCCCN(C)C(=O)c1ccc(NCC)nn1. The third kappa shape index (κ3) is 4.31. The predicted molar refractivity (Wildman–Crippen MR) is 72.7 cm³/mol. The molecule has 0 radical (unpaired) electrons. The molecule has 0 bridgehead atoms. The number of aromatic nitrogens is 2. The fourth-order valence-corrected chi connectivity index (χ4v) is 1.62. The zero-order valence-electron chi connectivity index (χ0n) is 11.4. The standard InChI is InChI=1S/C13H22N4O/c1-4-6-7-10-17(3)13(18)11-8-9-12(14-5-2)16-15-11/h8-9H,4-7,10H2,1-3H3,(H,14,16). The van der Waals surface area contributed by atoms with Gasteiger partial charge in [0.25, 0.3) is 5.91 Å². The Morgan fingerprint density at radius 3 is 2.61 bits per heavy atom. The van der Waals surface area contributed by atoms with Crippen LogP contribution in [0.15, 0.2) is 12.1 Å². The van der Waals surface area contributed by atoms with E-state index < -0.39 is 0 Å². The molecule has 0 fully saturated rings. The van der Waals surface area contributed by atoms with Crippen LogP contribution in [0.2, 0.25) is 0 Å². The van der Waals surface area contributed by atoms with Gasteiger partial charge in [0.1, 0.15) is 5.82 Å². The number of anilines is 1. The highest BCUT2D eigenvalue weighted by Crippen LogP contribution is 2.05. The molecule has 100 valence electrons. The van der Waals surface area contributed by atoms with E-state index in [1.54, 1.807) is 24.1 Å². The van der Waals surface area contributed by atoms with Gasteiger partial charge in [-0.05, 0) is 25.5 Å². The molecule has 0 unspecified atom stereocenters. The summed E-state index contributed by atoms with van der Waals surface area (Å²) in [5.74, 6) is 0.629. The molecule has 1 heterocycles. The number of nitrogens with zero attached hydrogens (tertiary/aromatic N) is 3. The number of unbranched alkanes of at least 4 members (excludes halogenated alkanes) is 2. The van der Waals surface area contributed by atoms with Gasteiger partial charge in [-0.25, -0.2) is 0 Å². The van der Waals surface area contributed by atoms with E-state index in [1.807, 2.05) is 6.92 Å². The summed E-state index contributed by atoms with van der Waals surface area (Å²) in [5, 5.41) is 10.9. The molecule has 5 nitrogen and oxygen atoms in total. The molecule has 0 aliphatic rings. The summed E-state index contributed by atoms with van der Waals surface area (Å²) >= 11 is 0. The minimum absolute atomic E-state index is 0.0679. The van der Waals surface area contributed by atoms with Gasteiger partial charge in [-0.2, -0.15) is 0 Å². The highest BCUT2D eigenvalue weighted by molar-refractivity contribution is 5.92. The van der Waals surface area contributed by atoms with Crippen molar-refractivity contribution in [3.05, 3.63) is 17.8 Å². The van der Waals surface area contributed by atoms with Gasteiger partial charge in [0.15, 0.2) is 5.69 Å². The second-order valence-corrected chi connectivity index (χ2v) is 4.27. The van der Waals surface area contributed by atoms with Gasteiger partial charge < -0.3 is 10.2 Å². The Hall–Kier alpha value is -1.65. The third-order valence-corrected chi connectivity index (χ3v) is 2.69. The highest BCUT2D eigenvalue weighted by Gasteiger charge is 2.13. The van der Waals surface area contributed by atoms with Crippen molar-refractivity contribution in [2.45, 2.75) is 33.1 Å². The number of amides is 1. The van der Waals surface area contributed by atoms with Crippen LogP contribution >= 0.6 is 0 Å².